The summed E-state index contributed by atoms with van der Waals surface area (Å²) in [5, 5.41) is 3.36. The Balaban J connectivity index is 1.57. The van der Waals surface area contributed by atoms with Crippen molar-refractivity contribution in [2.24, 2.45) is 5.92 Å². The summed E-state index contributed by atoms with van der Waals surface area (Å²) >= 11 is 2.07. The molecular weight excluding hydrogens is 230 g/mol. The molecule has 0 aliphatic carbocycles. The molecule has 1 atom stereocenters. The van der Waals surface area contributed by atoms with Gasteiger partial charge >= 0.3 is 0 Å². The van der Waals surface area contributed by atoms with E-state index in [1.807, 2.05) is 0 Å². The highest BCUT2D eigenvalue weighted by Gasteiger charge is 2.15. The van der Waals surface area contributed by atoms with Crippen molar-refractivity contribution in [3.63, 3.8) is 0 Å². The average molecular weight is 249 g/mol. The van der Waals surface area contributed by atoms with E-state index < -0.39 is 0 Å². The highest BCUT2D eigenvalue weighted by atomic mass is 32.2. The second-order valence-corrected chi connectivity index (χ2v) is 6.08. The number of fused-ring (bicyclic) bond motifs is 1. The lowest BCUT2D eigenvalue weighted by Crippen LogP contribution is -2.18. The fraction of sp³-hybridized carbons (Fsp3) is 0.571. The highest BCUT2D eigenvalue weighted by molar-refractivity contribution is 7.99. The molecule has 0 aromatic heterocycles. The number of ether oxygens (including phenoxy) is 1. The molecule has 3 heteroatoms. The minimum absolute atomic E-state index is 0.750. The molecular formula is C14H19NOS. The lowest BCUT2D eigenvalue weighted by atomic mass is 10.1. The molecule has 1 unspecified atom stereocenters. The minimum atomic E-state index is 0.750. The summed E-state index contributed by atoms with van der Waals surface area (Å²) in [6.45, 7) is 2.89. The predicted molar refractivity (Wildman–Crippen MR) is 72.5 cm³/mol. The van der Waals surface area contributed by atoms with Gasteiger partial charge in [0.25, 0.3) is 0 Å². The van der Waals surface area contributed by atoms with Crippen molar-refractivity contribution in [3.05, 3.63) is 29.3 Å². The lowest BCUT2D eigenvalue weighted by molar-refractivity contribution is 0.252. The number of rotatable bonds is 3. The molecule has 2 aliphatic rings. The monoisotopic (exact) mass is 249 g/mol. The van der Waals surface area contributed by atoms with E-state index in [1.54, 1.807) is 0 Å². The molecule has 2 aliphatic heterocycles. The molecule has 0 amide bonds. The Morgan fingerprint density at radius 2 is 2.24 bits per heavy atom. The Morgan fingerprint density at radius 1 is 1.29 bits per heavy atom. The van der Waals surface area contributed by atoms with E-state index in [-0.39, 0.29) is 0 Å². The summed E-state index contributed by atoms with van der Waals surface area (Å²) in [5.74, 6) is 4.40. The summed E-state index contributed by atoms with van der Waals surface area (Å²) in [6.07, 6.45) is 2.69. The Kier molecular flexibility index (Phi) is 3.57. The average Bonchev–Trinajstić information content (AvgIpc) is 2.85. The molecule has 92 valence electrons. The maximum Gasteiger partial charge on any atom is 0.119 e. The van der Waals surface area contributed by atoms with Crippen molar-refractivity contribution in [1.29, 1.82) is 0 Å². The van der Waals surface area contributed by atoms with Gasteiger partial charge in [0.15, 0.2) is 0 Å². The van der Waals surface area contributed by atoms with Crippen molar-refractivity contribution < 1.29 is 4.74 Å². The molecule has 2 nitrogen and oxygen atoms in total. The van der Waals surface area contributed by atoms with E-state index in [9.17, 15) is 0 Å². The number of benzene rings is 1. The van der Waals surface area contributed by atoms with Gasteiger partial charge in [-0.1, -0.05) is 6.07 Å². The summed E-state index contributed by atoms with van der Waals surface area (Å²) in [5.41, 5.74) is 2.83. The van der Waals surface area contributed by atoms with Gasteiger partial charge < -0.3 is 10.1 Å². The maximum atomic E-state index is 5.93. The minimum Gasteiger partial charge on any atom is -0.493 e. The van der Waals surface area contributed by atoms with Crippen molar-refractivity contribution in [2.45, 2.75) is 25.9 Å². The normalized spacial score (nSPS) is 23.4. The second kappa shape index (κ2) is 5.32. The van der Waals surface area contributed by atoms with Crippen molar-refractivity contribution >= 4 is 11.8 Å². The van der Waals surface area contributed by atoms with Crippen LogP contribution in [0, 0.1) is 5.92 Å². The fourth-order valence-corrected chi connectivity index (χ4v) is 3.65. The molecule has 1 aromatic carbocycles. The molecule has 0 radical (unpaired) electrons. The van der Waals surface area contributed by atoms with Crippen LogP contribution in [0.1, 0.15) is 24.0 Å². The van der Waals surface area contributed by atoms with Crippen molar-refractivity contribution in [1.82, 2.24) is 5.32 Å². The van der Waals surface area contributed by atoms with Crippen LogP contribution in [0.15, 0.2) is 18.2 Å². The maximum absolute atomic E-state index is 5.93. The number of nitrogens with one attached hydrogen (secondary N) is 1. The van der Waals surface area contributed by atoms with Crippen LogP contribution in [0.3, 0.4) is 0 Å². The summed E-state index contributed by atoms with van der Waals surface area (Å²) < 4.78 is 5.93. The smallest absolute Gasteiger partial charge is 0.119 e. The SMILES string of the molecule is c1cc2c(cc1OCC1CCCSC1)CNC2. The molecule has 17 heavy (non-hydrogen) atoms. The molecule has 2 heterocycles. The largest absolute Gasteiger partial charge is 0.493 e. The van der Waals surface area contributed by atoms with Gasteiger partial charge in [-0.3, -0.25) is 0 Å². The van der Waals surface area contributed by atoms with Gasteiger partial charge in [0, 0.05) is 19.0 Å². The zero-order valence-electron chi connectivity index (χ0n) is 10.1. The summed E-state index contributed by atoms with van der Waals surface area (Å²) in [7, 11) is 0. The van der Waals surface area contributed by atoms with Crippen LogP contribution in [-0.2, 0) is 13.1 Å². The Morgan fingerprint density at radius 3 is 3.12 bits per heavy atom. The van der Waals surface area contributed by atoms with Gasteiger partial charge in [0.2, 0.25) is 0 Å². The van der Waals surface area contributed by atoms with E-state index in [4.69, 9.17) is 4.74 Å². The molecule has 3 rings (SSSR count). The van der Waals surface area contributed by atoms with Crippen molar-refractivity contribution in [3.8, 4) is 5.75 Å². The Labute approximate surface area is 107 Å². The summed E-state index contributed by atoms with van der Waals surface area (Å²) in [6, 6.07) is 6.51. The van der Waals surface area contributed by atoms with Gasteiger partial charge in [-0.05, 0) is 47.6 Å². The predicted octanol–water partition coefficient (Wildman–Crippen LogP) is 2.81. The number of thioether (sulfide) groups is 1. The first-order chi connectivity index (χ1) is 8.42. The third-order valence-corrected chi connectivity index (χ3v) is 4.83. The van der Waals surface area contributed by atoms with Crippen LogP contribution in [0.2, 0.25) is 0 Å². The van der Waals surface area contributed by atoms with E-state index in [0.29, 0.717) is 0 Å². The molecule has 1 aromatic rings. The molecule has 1 saturated heterocycles. The first-order valence-corrected chi connectivity index (χ1v) is 7.60. The lowest BCUT2D eigenvalue weighted by Gasteiger charge is -2.21. The van der Waals surface area contributed by atoms with Crippen LogP contribution < -0.4 is 10.1 Å². The zero-order valence-corrected chi connectivity index (χ0v) is 10.9. The van der Waals surface area contributed by atoms with Gasteiger partial charge in [-0.2, -0.15) is 11.8 Å². The quantitative estimate of drug-likeness (QED) is 0.890. The van der Waals surface area contributed by atoms with Crippen LogP contribution in [0.4, 0.5) is 0 Å². The first kappa shape index (κ1) is 11.4. The number of hydrogen-bond acceptors (Lipinski definition) is 3. The molecule has 1 fully saturated rings. The van der Waals surface area contributed by atoms with E-state index in [1.165, 1.54) is 35.5 Å². The van der Waals surface area contributed by atoms with Crippen LogP contribution in [0.5, 0.6) is 5.75 Å². The van der Waals surface area contributed by atoms with Crippen molar-refractivity contribution in [2.75, 3.05) is 18.1 Å². The van der Waals surface area contributed by atoms with E-state index >= 15 is 0 Å². The molecule has 0 saturated carbocycles. The van der Waals surface area contributed by atoms with Gasteiger partial charge in [0.1, 0.15) is 5.75 Å². The summed E-state index contributed by atoms with van der Waals surface area (Å²) in [4.78, 5) is 0. The standard InChI is InChI=1S/C14H19NOS/c1-2-11(10-17-5-1)9-16-14-4-3-12-7-15-8-13(12)6-14/h3-4,6,11,15H,1-2,5,7-10H2. The highest BCUT2D eigenvalue weighted by Crippen LogP contribution is 2.25. The van der Waals surface area contributed by atoms with E-state index in [2.05, 4.69) is 35.3 Å². The van der Waals surface area contributed by atoms with Crippen LogP contribution in [0.25, 0.3) is 0 Å². The van der Waals surface area contributed by atoms with Gasteiger partial charge in [-0.15, -0.1) is 0 Å². The zero-order chi connectivity index (χ0) is 11.5. The van der Waals surface area contributed by atoms with E-state index in [0.717, 1.165) is 31.4 Å². The Hall–Kier alpha value is -0.670. The fourth-order valence-electron chi connectivity index (χ4n) is 2.51. The van der Waals surface area contributed by atoms with Crippen LogP contribution >= 0.6 is 11.8 Å². The number of hydrogen-bond donors (Lipinski definition) is 1. The second-order valence-electron chi connectivity index (χ2n) is 4.93. The molecule has 0 spiro atoms. The first-order valence-electron chi connectivity index (χ1n) is 6.45. The molecule has 0 bridgehead atoms. The topological polar surface area (TPSA) is 21.3 Å². The Bertz CT molecular complexity index is 388. The third kappa shape index (κ3) is 2.78. The third-order valence-electron chi connectivity index (χ3n) is 3.55. The molecule has 1 N–H and O–H groups in total. The van der Waals surface area contributed by atoms with Crippen LogP contribution in [-0.4, -0.2) is 18.1 Å². The van der Waals surface area contributed by atoms with Gasteiger partial charge in [0.05, 0.1) is 6.61 Å². The van der Waals surface area contributed by atoms with Gasteiger partial charge in [-0.25, -0.2) is 0 Å².